The molecule has 0 spiro atoms. The predicted molar refractivity (Wildman–Crippen MR) is 75.3 cm³/mol. The van der Waals surface area contributed by atoms with Gasteiger partial charge < -0.3 is 15.8 Å². The van der Waals surface area contributed by atoms with Gasteiger partial charge in [0, 0.05) is 18.1 Å². The first-order chi connectivity index (χ1) is 9.56. The molecule has 1 aromatic carbocycles. The number of carbonyl (C=O) groups excluding carboxylic acids is 2. The summed E-state index contributed by atoms with van der Waals surface area (Å²) < 4.78 is 5.28. The highest BCUT2D eigenvalue weighted by atomic mass is 35.5. The Kier molecular flexibility index (Phi) is 4.98. The molecule has 3 N–H and O–H groups in total. The van der Waals surface area contributed by atoms with E-state index in [1.165, 1.54) is 0 Å². The number of benzene rings is 1. The van der Waals surface area contributed by atoms with E-state index in [9.17, 15) is 9.59 Å². The lowest BCUT2D eigenvalue weighted by atomic mass is 10.0. The van der Waals surface area contributed by atoms with Gasteiger partial charge in [-0.15, -0.1) is 0 Å². The third-order valence-electron chi connectivity index (χ3n) is 3.24. The van der Waals surface area contributed by atoms with E-state index in [0.29, 0.717) is 24.5 Å². The maximum absolute atomic E-state index is 11.9. The highest BCUT2D eigenvalue weighted by Crippen LogP contribution is 2.14. The topological polar surface area (TPSA) is 81.4 Å². The van der Waals surface area contributed by atoms with Crippen molar-refractivity contribution >= 4 is 23.4 Å². The minimum Gasteiger partial charge on any atom is -0.368 e. The van der Waals surface area contributed by atoms with Crippen molar-refractivity contribution in [1.82, 2.24) is 5.32 Å². The molecule has 0 bridgehead atoms. The van der Waals surface area contributed by atoms with Crippen LogP contribution >= 0.6 is 11.6 Å². The van der Waals surface area contributed by atoms with Gasteiger partial charge in [0.1, 0.15) is 12.1 Å². The molecular formula is C14H17ClN2O3. The summed E-state index contributed by atoms with van der Waals surface area (Å²) in [4.78, 5) is 23.4. The smallest absolute Gasteiger partial charge is 0.249 e. The molecule has 2 amide bonds. The number of rotatable bonds is 5. The van der Waals surface area contributed by atoms with E-state index in [0.717, 1.165) is 12.0 Å². The summed E-state index contributed by atoms with van der Waals surface area (Å²) >= 11 is 5.80. The van der Waals surface area contributed by atoms with Gasteiger partial charge in [-0.25, -0.2) is 0 Å². The molecule has 0 aromatic heterocycles. The van der Waals surface area contributed by atoms with Crippen molar-refractivity contribution in [3.63, 3.8) is 0 Å². The van der Waals surface area contributed by atoms with E-state index < -0.39 is 18.1 Å². The predicted octanol–water partition coefficient (Wildman–Crippen LogP) is 1.03. The van der Waals surface area contributed by atoms with Crippen LogP contribution in [0.3, 0.4) is 0 Å². The van der Waals surface area contributed by atoms with Crippen molar-refractivity contribution in [3.05, 3.63) is 34.9 Å². The zero-order valence-electron chi connectivity index (χ0n) is 11.0. The number of primary amides is 1. The van der Waals surface area contributed by atoms with Crippen LogP contribution in [0, 0.1) is 0 Å². The highest BCUT2D eigenvalue weighted by molar-refractivity contribution is 6.30. The number of hydrogen-bond acceptors (Lipinski definition) is 3. The van der Waals surface area contributed by atoms with E-state index in [-0.39, 0.29) is 5.91 Å². The van der Waals surface area contributed by atoms with Crippen LogP contribution in [-0.4, -0.2) is 30.6 Å². The summed E-state index contributed by atoms with van der Waals surface area (Å²) in [5.74, 6) is -0.841. The number of amides is 2. The lowest BCUT2D eigenvalue weighted by molar-refractivity contribution is -0.133. The lowest BCUT2D eigenvalue weighted by Crippen LogP contribution is -2.49. The molecule has 0 radical (unpaired) electrons. The van der Waals surface area contributed by atoms with Gasteiger partial charge in [0.15, 0.2) is 0 Å². The summed E-state index contributed by atoms with van der Waals surface area (Å²) in [6.07, 6.45) is 1.40. The summed E-state index contributed by atoms with van der Waals surface area (Å²) in [5, 5.41) is 3.27. The normalized spacial score (nSPS) is 19.6. The molecule has 1 aliphatic heterocycles. The molecule has 1 aromatic rings. The molecular weight excluding hydrogens is 280 g/mol. The quantitative estimate of drug-likeness (QED) is 0.851. The van der Waals surface area contributed by atoms with Crippen molar-refractivity contribution in [2.45, 2.75) is 31.4 Å². The molecule has 20 heavy (non-hydrogen) atoms. The van der Waals surface area contributed by atoms with Crippen LogP contribution in [-0.2, 0) is 20.7 Å². The van der Waals surface area contributed by atoms with E-state index in [1.807, 2.05) is 0 Å². The van der Waals surface area contributed by atoms with Crippen molar-refractivity contribution in [2.75, 3.05) is 6.61 Å². The van der Waals surface area contributed by atoms with Crippen LogP contribution in [0.4, 0.5) is 0 Å². The summed E-state index contributed by atoms with van der Waals surface area (Å²) in [6.45, 7) is 0.580. The van der Waals surface area contributed by atoms with Crippen molar-refractivity contribution in [2.24, 2.45) is 5.73 Å². The van der Waals surface area contributed by atoms with Crippen molar-refractivity contribution in [3.8, 4) is 0 Å². The molecule has 1 fully saturated rings. The molecule has 2 rings (SSSR count). The first kappa shape index (κ1) is 14.8. The van der Waals surface area contributed by atoms with Gasteiger partial charge in [-0.05, 0) is 30.5 Å². The van der Waals surface area contributed by atoms with E-state index in [1.54, 1.807) is 24.3 Å². The van der Waals surface area contributed by atoms with Crippen molar-refractivity contribution < 1.29 is 14.3 Å². The van der Waals surface area contributed by atoms with Gasteiger partial charge >= 0.3 is 0 Å². The largest absolute Gasteiger partial charge is 0.368 e. The Labute approximate surface area is 122 Å². The summed E-state index contributed by atoms with van der Waals surface area (Å²) in [6, 6.07) is 6.33. The zero-order chi connectivity index (χ0) is 14.5. The van der Waals surface area contributed by atoms with Crippen molar-refractivity contribution in [1.29, 1.82) is 0 Å². The molecule has 0 saturated carbocycles. The van der Waals surface area contributed by atoms with E-state index in [2.05, 4.69) is 5.32 Å². The second-order valence-corrected chi connectivity index (χ2v) is 5.23. The maximum atomic E-state index is 11.9. The van der Waals surface area contributed by atoms with Crippen LogP contribution in [0.5, 0.6) is 0 Å². The first-order valence-corrected chi connectivity index (χ1v) is 6.90. The highest BCUT2D eigenvalue weighted by Gasteiger charge is 2.27. The Morgan fingerprint density at radius 1 is 1.40 bits per heavy atom. The fraction of sp³-hybridized carbons (Fsp3) is 0.429. The van der Waals surface area contributed by atoms with E-state index in [4.69, 9.17) is 22.1 Å². The van der Waals surface area contributed by atoms with Gasteiger partial charge in [-0.3, -0.25) is 9.59 Å². The number of carbonyl (C=O) groups is 2. The molecule has 0 unspecified atom stereocenters. The molecule has 0 aliphatic carbocycles. The molecule has 1 saturated heterocycles. The summed E-state index contributed by atoms with van der Waals surface area (Å²) in [7, 11) is 0. The number of nitrogens with one attached hydrogen (secondary N) is 1. The Bertz CT molecular complexity index is 484. The number of nitrogens with two attached hydrogens (primary N) is 1. The minimum absolute atomic E-state index is 0.278. The second kappa shape index (κ2) is 6.72. The van der Waals surface area contributed by atoms with Gasteiger partial charge in [-0.2, -0.15) is 0 Å². The van der Waals surface area contributed by atoms with Crippen LogP contribution in [0.25, 0.3) is 0 Å². The SMILES string of the molecule is NC(=O)[C@@H](Cc1ccc(Cl)cc1)NC(=O)[C@@H]1CCCO1. The van der Waals surface area contributed by atoms with Gasteiger partial charge in [0.2, 0.25) is 11.8 Å². The van der Waals surface area contributed by atoms with Gasteiger partial charge in [0.25, 0.3) is 0 Å². The van der Waals surface area contributed by atoms with Crippen LogP contribution in [0.1, 0.15) is 18.4 Å². The van der Waals surface area contributed by atoms with Gasteiger partial charge in [0.05, 0.1) is 0 Å². The third kappa shape index (κ3) is 3.95. The average molecular weight is 297 g/mol. The zero-order valence-corrected chi connectivity index (χ0v) is 11.7. The second-order valence-electron chi connectivity index (χ2n) is 4.80. The fourth-order valence-electron chi connectivity index (χ4n) is 2.13. The third-order valence-corrected chi connectivity index (χ3v) is 3.49. The van der Waals surface area contributed by atoms with Crippen LogP contribution in [0.2, 0.25) is 5.02 Å². The number of halogens is 1. The molecule has 108 valence electrons. The number of hydrogen-bond donors (Lipinski definition) is 2. The van der Waals surface area contributed by atoms with E-state index >= 15 is 0 Å². The maximum Gasteiger partial charge on any atom is 0.249 e. The standard InChI is InChI=1S/C14H17ClN2O3/c15-10-5-3-9(4-6-10)8-11(13(16)18)17-14(19)12-2-1-7-20-12/h3-6,11-12H,1-2,7-8H2,(H2,16,18)(H,17,19)/t11-,12+/m1/s1. The lowest BCUT2D eigenvalue weighted by Gasteiger charge is -2.18. The molecule has 6 heteroatoms. The Hall–Kier alpha value is -1.59. The molecule has 1 heterocycles. The Balaban J connectivity index is 1.98. The minimum atomic E-state index is -0.743. The fourth-order valence-corrected chi connectivity index (χ4v) is 2.25. The van der Waals surface area contributed by atoms with Crippen LogP contribution < -0.4 is 11.1 Å². The van der Waals surface area contributed by atoms with Crippen LogP contribution in [0.15, 0.2) is 24.3 Å². The number of ether oxygens (including phenoxy) is 1. The molecule has 1 aliphatic rings. The molecule has 2 atom stereocenters. The monoisotopic (exact) mass is 296 g/mol. The molecule has 5 nitrogen and oxygen atoms in total. The van der Waals surface area contributed by atoms with Gasteiger partial charge in [-0.1, -0.05) is 23.7 Å². The summed E-state index contributed by atoms with van der Waals surface area (Å²) in [5.41, 5.74) is 6.22. The Morgan fingerprint density at radius 3 is 2.65 bits per heavy atom. The first-order valence-electron chi connectivity index (χ1n) is 6.52. The average Bonchev–Trinajstić information content (AvgIpc) is 2.94. The Morgan fingerprint density at radius 2 is 2.10 bits per heavy atom.